The molecule has 9 heteroatoms. The zero-order valence-corrected chi connectivity index (χ0v) is 29.1. The minimum Gasteiger partial charge on any atom is -0.309 e. The number of nitrogens with zero attached hydrogens (tertiary/aromatic N) is 6. The Bertz CT molecular complexity index is 3300. The molecule has 0 fully saturated rings. The second-order valence-corrected chi connectivity index (χ2v) is 13.3. The van der Waals surface area contributed by atoms with Crippen LogP contribution in [0.15, 0.2) is 140 Å². The molecule has 6 nitrogen and oxygen atoms in total. The molecule has 0 saturated carbocycles. The molecule has 9 aromatic rings. The third-order valence-corrected chi connectivity index (χ3v) is 10.2. The molecule has 7 aromatic carbocycles. The first-order valence-corrected chi connectivity index (χ1v) is 17.3. The Kier molecular flexibility index (Phi) is 7.69. The van der Waals surface area contributed by atoms with Crippen molar-refractivity contribution in [3.63, 3.8) is 0 Å². The van der Waals surface area contributed by atoms with Crippen LogP contribution in [0.25, 0.3) is 86.9 Å². The maximum absolute atomic E-state index is 13.8. The molecule has 0 radical (unpaired) electrons. The quantitative estimate of drug-likeness (QED) is 0.169. The van der Waals surface area contributed by atoms with Crippen LogP contribution in [0.5, 0.6) is 0 Å². The number of fused-ring (bicyclic) bond motifs is 6. The maximum Gasteiger partial charge on any atom is 0.415 e. The highest BCUT2D eigenvalue weighted by molar-refractivity contribution is 6.12. The molecule has 0 atom stereocenters. The number of nitriles is 2. The molecular formula is C47H23F3N6. The fraction of sp³-hybridized carbons (Fsp3) is 0.0213. The molecule has 0 saturated heterocycles. The van der Waals surface area contributed by atoms with Gasteiger partial charge in [-0.05, 0) is 89.3 Å². The van der Waals surface area contributed by atoms with Crippen molar-refractivity contribution in [2.24, 2.45) is 0 Å². The van der Waals surface area contributed by atoms with Gasteiger partial charge in [-0.3, -0.25) is 0 Å². The summed E-state index contributed by atoms with van der Waals surface area (Å²) in [6.45, 7) is 15.5. The molecular weight excluding hydrogens is 706 g/mol. The van der Waals surface area contributed by atoms with E-state index in [4.69, 9.17) is 13.1 Å². The molecule has 2 heterocycles. The number of hydrogen-bond donors (Lipinski definition) is 0. The van der Waals surface area contributed by atoms with Gasteiger partial charge in [0.05, 0.1) is 69.9 Å². The molecule has 56 heavy (non-hydrogen) atoms. The van der Waals surface area contributed by atoms with Gasteiger partial charge in [0, 0.05) is 32.8 Å². The van der Waals surface area contributed by atoms with Crippen molar-refractivity contribution in [3.8, 4) is 45.8 Å². The van der Waals surface area contributed by atoms with E-state index >= 15 is 0 Å². The van der Waals surface area contributed by atoms with Crippen molar-refractivity contribution in [2.45, 2.75) is 6.18 Å². The first-order chi connectivity index (χ1) is 27.2. The lowest BCUT2D eigenvalue weighted by atomic mass is 9.93. The third kappa shape index (κ3) is 5.24. The zero-order valence-electron chi connectivity index (χ0n) is 29.1. The van der Waals surface area contributed by atoms with Gasteiger partial charge in [0.1, 0.15) is 0 Å². The van der Waals surface area contributed by atoms with Crippen molar-refractivity contribution in [1.82, 2.24) is 9.13 Å². The van der Waals surface area contributed by atoms with Crippen LogP contribution in [0.4, 0.5) is 24.5 Å². The molecule has 2 aromatic heterocycles. The molecule has 0 amide bonds. The molecule has 0 unspecified atom stereocenters. The van der Waals surface area contributed by atoms with Crippen LogP contribution in [0.2, 0.25) is 0 Å². The van der Waals surface area contributed by atoms with E-state index in [-0.39, 0.29) is 5.69 Å². The molecule has 0 aliphatic rings. The zero-order chi connectivity index (χ0) is 38.7. The number of rotatable bonds is 4. The topological polar surface area (TPSA) is 66.2 Å². The summed E-state index contributed by atoms with van der Waals surface area (Å²) in [5, 5.41) is 23.5. The second-order valence-electron chi connectivity index (χ2n) is 13.3. The largest absolute Gasteiger partial charge is 0.415 e. The first-order valence-electron chi connectivity index (χ1n) is 17.3. The summed E-state index contributed by atoms with van der Waals surface area (Å²) in [5.74, 6) is 0. The lowest BCUT2D eigenvalue weighted by molar-refractivity contribution is -0.137. The Morgan fingerprint density at radius 1 is 0.500 bits per heavy atom. The van der Waals surface area contributed by atoms with Gasteiger partial charge in [-0.25, -0.2) is 9.69 Å². The van der Waals surface area contributed by atoms with E-state index in [1.165, 1.54) is 6.07 Å². The summed E-state index contributed by atoms with van der Waals surface area (Å²) in [7, 11) is 0. The highest BCUT2D eigenvalue weighted by Crippen LogP contribution is 2.45. The fourth-order valence-corrected chi connectivity index (χ4v) is 7.76. The SMILES string of the molecule is [C-]#[N+]c1ccc2c(c1)c1ccccc1n2-c1ccc(-c2ccc(C(F)(F)F)cc2[N+]#[C-])cc1-c1ccc(C#N)cc1-n1c2ccccc2c2cc(C#N)ccc21. The summed E-state index contributed by atoms with van der Waals surface area (Å²) < 4.78 is 45.5. The standard InChI is InChI=1S/C47H23F3N6/c1-53-32-15-20-45-39(25-32)35-8-4-5-9-41(35)55(45)44-19-13-30(33-17-14-31(47(48,49)50)24-40(33)54-2)23-38(44)36-16-11-29(27-52)22-46(36)56-42-10-6-3-7-34(42)37-21-28(26-51)12-18-43(37)56/h3-25H. The first kappa shape index (κ1) is 33.7. The summed E-state index contributed by atoms with van der Waals surface area (Å²) in [6, 6.07) is 45.4. The lowest BCUT2D eigenvalue weighted by Crippen LogP contribution is -2.04. The van der Waals surface area contributed by atoms with Gasteiger partial charge in [-0.1, -0.05) is 66.7 Å². The Balaban J connectivity index is 1.42. The van der Waals surface area contributed by atoms with E-state index in [0.29, 0.717) is 44.8 Å². The number of alkyl halides is 3. The predicted molar refractivity (Wildman–Crippen MR) is 213 cm³/mol. The molecule has 0 bridgehead atoms. The minimum atomic E-state index is -4.62. The summed E-state index contributed by atoms with van der Waals surface area (Å²) in [6.07, 6.45) is -4.62. The Labute approximate surface area is 318 Å². The van der Waals surface area contributed by atoms with E-state index in [1.54, 1.807) is 24.3 Å². The minimum absolute atomic E-state index is 0.141. The smallest absolute Gasteiger partial charge is 0.309 e. The van der Waals surface area contributed by atoms with Gasteiger partial charge in [-0.15, -0.1) is 0 Å². The summed E-state index contributed by atoms with van der Waals surface area (Å²) in [4.78, 5) is 7.19. The van der Waals surface area contributed by atoms with Crippen LogP contribution in [-0.2, 0) is 6.18 Å². The van der Waals surface area contributed by atoms with Crippen molar-refractivity contribution < 1.29 is 13.2 Å². The van der Waals surface area contributed by atoms with Crippen LogP contribution in [0.1, 0.15) is 16.7 Å². The summed E-state index contributed by atoms with van der Waals surface area (Å²) in [5.41, 5.74) is 7.32. The monoisotopic (exact) mass is 728 g/mol. The number of aromatic nitrogens is 2. The van der Waals surface area contributed by atoms with E-state index in [1.807, 2.05) is 97.1 Å². The molecule has 0 aliphatic carbocycles. The van der Waals surface area contributed by atoms with Crippen LogP contribution in [0.3, 0.4) is 0 Å². The van der Waals surface area contributed by atoms with E-state index in [9.17, 15) is 23.7 Å². The highest BCUT2D eigenvalue weighted by Gasteiger charge is 2.31. The molecule has 0 spiro atoms. The van der Waals surface area contributed by atoms with Crippen LogP contribution in [0, 0.1) is 35.8 Å². The van der Waals surface area contributed by atoms with Gasteiger partial charge < -0.3 is 9.13 Å². The number of para-hydroxylation sites is 2. The average molecular weight is 729 g/mol. The Morgan fingerprint density at radius 3 is 1.75 bits per heavy atom. The average Bonchev–Trinajstić information content (AvgIpc) is 3.74. The highest BCUT2D eigenvalue weighted by atomic mass is 19.4. The fourth-order valence-electron chi connectivity index (χ4n) is 7.76. The molecule has 0 aliphatic heterocycles. The number of halogens is 3. The normalized spacial score (nSPS) is 11.4. The predicted octanol–water partition coefficient (Wildman–Crippen LogP) is 13.1. The van der Waals surface area contributed by atoms with Crippen LogP contribution < -0.4 is 0 Å². The van der Waals surface area contributed by atoms with E-state index in [2.05, 4.69) is 31.0 Å². The third-order valence-electron chi connectivity index (χ3n) is 10.2. The summed E-state index contributed by atoms with van der Waals surface area (Å²) >= 11 is 0. The van der Waals surface area contributed by atoms with E-state index < -0.39 is 11.7 Å². The van der Waals surface area contributed by atoms with Gasteiger partial charge in [0.2, 0.25) is 0 Å². The van der Waals surface area contributed by atoms with Crippen molar-refractivity contribution in [1.29, 1.82) is 10.5 Å². The van der Waals surface area contributed by atoms with E-state index in [0.717, 1.165) is 61.4 Å². The molecule has 262 valence electrons. The van der Waals surface area contributed by atoms with Gasteiger partial charge in [0.25, 0.3) is 0 Å². The van der Waals surface area contributed by atoms with Gasteiger partial charge in [0.15, 0.2) is 11.4 Å². The maximum atomic E-state index is 13.8. The molecule has 0 N–H and O–H groups in total. The number of hydrogen-bond acceptors (Lipinski definition) is 2. The number of benzene rings is 7. The second kappa shape index (κ2) is 12.8. The Morgan fingerprint density at radius 2 is 1.09 bits per heavy atom. The van der Waals surface area contributed by atoms with Crippen LogP contribution in [-0.4, -0.2) is 9.13 Å². The Hall–Kier alpha value is -8.11. The van der Waals surface area contributed by atoms with Gasteiger partial charge >= 0.3 is 6.18 Å². The lowest BCUT2D eigenvalue weighted by Gasteiger charge is -2.20. The van der Waals surface area contributed by atoms with Crippen LogP contribution >= 0.6 is 0 Å². The van der Waals surface area contributed by atoms with Crippen molar-refractivity contribution in [2.75, 3.05) is 0 Å². The van der Waals surface area contributed by atoms with Crippen molar-refractivity contribution >= 4 is 55.0 Å². The molecule has 9 rings (SSSR count). The van der Waals surface area contributed by atoms with Crippen molar-refractivity contribution in [3.05, 3.63) is 179 Å². The van der Waals surface area contributed by atoms with Gasteiger partial charge in [-0.2, -0.15) is 23.7 Å².